The Labute approximate surface area is 152 Å². The first-order chi connectivity index (χ1) is 12.2. The molecule has 0 bridgehead atoms. The minimum absolute atomic E-state index is 0.233. The van der Waals surface area contributed by atoms with Crippen molar-refractivity contribution in [1.29, 1.82) is 0 Å². The molecule has 6 heteroatoms. The first kappa shape index (κ1) is 18.9. The van der Waals surface area contributed by atoms with Gasteiger partial charge >= 0.3 is 0 Å². The van der Waals surface area contributed by atoms with Gasteiger partial charge in [-0.2, -0.15) is 11.8 Å². The van der Waals surface area contributed by atoms with Crippen LogP contribution < -0.4 is 15.4 Å². The summed E-state index contributed by atoms with van der Waals surface area (Å²) in [5, 5.41) is 5.66. The quantitative estimate of drug-likeness (QED) is 0.760. The molecule has 0 spiro atoms. The molecule has 0 aliphatic rings. The minimum Gasteiger partial charge on any atom is -0.496 e. The van der Waals surface area contributed by atoms with E-state index in [0.29, 0.717) is 23.4 Å². The molecule has 1 unspecified atom stereocenters. The van der Waals surface area contributed by atoms with E-state index in [1.54, 1.807) is 36.0 Å². The van der Waals surface area contributed by atoms with Crippen molar-refractivity contribution in [3.8, 4) is 5.75 Å². The van der Waals surface area contributed by atoms with Crippen LogP contribution in [-0.4, -0.2) is 37.0 Å². The number of anilines is 1. The Morgan fingerprint density at radius 3 is 2.44 bits per heavy atom. The number of nitrogens with one attached hydrogen (secondary N) is 2. The zero-order valence-corrected chi connectivity index (χ0v) is 15.1. The number of carbonyl (C=O) groups excluding carboxylic acids is 2. The van der Waals surface area contributed by atoms with E-state index in [1.165, 1.54) is 7.11 Å². The predicted octanol–water partition coefficient (Wildman–Crippen LogP) is 3.19. The number of thioether (sulfide) groups is 1. The molecule has 2 N–H and O–H groups in total. The zero-order valence-electron chi connectivity index (χ0n) is 14.3. The van der Waals surface area contributed by atoms with Gasteiger partial charge in [-0.05, 0) is 42.7 Å². The van der Waals surface area contributed by atoms with Gasteiger partial charge in [0.1, 0.15) is 11.8 Å². The van der Waals surface area contributed by atoms with Gasteiger partial charge < -0.3 is 15.4 Å². The fourth-order valence-corrected chi connectivity index (χ4v) is 2.79. The van der Waals surface area contributed by atoms with Gasteiger partial charge in [-0.1, -0.05) is 30.3 Å². The van der Waals surface area contributed by atoms with Gasteiger partial charge in [0.25, 0.3) is 5.91 Å². The van der Waals surface area contributed by atoms with Crippen LogP contribution in [0.3, 0.4) is 0 Å². The summed E-state index contributed by atoms with van der Waals surface area (Å²) in [5.41, 5.74) is 1.11. The molecule has 2 aromatic rings. The molecular weight excluding hydrogens is 336 g/mol. The van der Waals surface area contributed by atoms with Crippen LogP contribution >= 0.6 is 11.8 Å². The van der Waals surface area contributed by atoms with E-state index in [4.69, 9.17) is 4.74 Å². The van der Waals surface area contributed by atoms with Crippen molar-refractivity contribution in [2.75, 3.05) is 24.4 Å². The van der Waals surface area contributed by atoms with E-state index in [2.05, 4.69) is 10.6 Å². The largest absolute Gasteiger partial charge is 0.496 e. The van der Waals surface area contributed by atoms with Gasteiger partial charge in [-0.15, -0.1) is 0 Å². The van der Waals surface area contributed by atoms with Crippen molar-refractivity contribution in [2.45, 2.75) is 12.5 Å². The van der Waals surface area contributed by atoms with Crippen molar-refractivity contribution in [2.24, 2.45) is 0 Å². The Morgan fingerprint density at radius 1 is 1.08 bits per heavy atom. The molecule has 25 heavy (non-hydrogen) atoms. The van der Waals surface area contributed by atoms with E-state index >= 15 is 0 Å². The van der Waals surface area contributed by atoms with Crippen LogP contribution in [0.15, 0.2) is 54.6 Å². The standard InChI is InChI=1S/C19H22N2O3S/c1-24-17-11-7-6-10-15(17)18(22)21-16(12-13-25-2)19(23)20-14-8-4-3-5-9-14/h3-11,16H,12-13H2,1-2H3,(H,20,23)(H,21,22). The molecule has 0 saturated carbocycles. The van der Waals surface area contributed by atoms with Crippen LogP contribution in [0.5, 0.6) is 5.75 Å². The summed E-state index contributed by atoms with van der Waals surface area (Å²) in [6, 6.07) is 15.5. The summed E-state index contributed by atoms with van der Waals surface area (Å²) in [5.74, 6) is 0.682. The molecule has 2 rings (SSSR count). The normalized spacial score (nSPS) is 11.4. The van der Waals surface area contributed by atoms with Gasteiger partial charge in [-0.25, -0.2) is 0 Å². The van der Waals surface area contributed by atoms with Crippen LogP contribution in [0.2, 0.25) is 0 Å². The van der Waals surface area contributed by atoms with Crippen LogP contribution in [0, 0.1) is 0 Å². The Morgan fingerprint density at radius 2 is 1.76 bits per heavy atom. The zero-order chi connectivity index (χ0) is 18.1. The fraction of sp³-hybridized carbons (Fsp3) is 0.263. The number of rotatable bonds is 8. The van der Waals surface area contributed by atoms with Crippen molar-refractivity contribution in [3.63, 3.8) is 0 Å². The topological polar surface area (TPSA) is 67.4 Å². The highest BCUT2D eigenvalue weighted by Gasteiger charge is 2.22. The number of ether oxygens (including phenoxy) is 1. The lowest BCUT2D eigenvalue weighted by atomic mass is 10.1. The van der Waals surface area contributed by atoms with Gasteiger partial charge in [0.05, 0.1) is 12.7 Å². The third kappa shape index (κ3) is 5.53. The predicted molar refractivity (Wildman–Crippen MR) is 102 cm³/mol. The van der Waals surface area contributed by atoms with Crippen molar-refractivity contribution >= 4 is 29.3 Å². The molecule has 0 saturated heterocycles. The Bertz CT molecular complexity index is 707. The van der Waals surface area contributed by atoms with Crippen LogP contribution in [0.1, 0.15) is 16.8 Å². The Balaban J connectivity index is 2.11. The smallest absolute Gasteiger partial charge is 0.255 e. The van der Waals surface area contributed by atoms with E-state index in [1.807, 2.05) is 36.6 Å². The molecule has 0 heterocycles. The fourth-order valence-electron chi connectivity index (χ4n) is 2.32. The maximum atomic E-state index is 12.6. The SMILES string of the molecule is COc1ccccc1C(=O)NC(CCSC)C(=O)Nc1ccccc1. The van der Waals surface area contributed by atoms with Crippen molar-refractivity contribution in [1.82, 2.24) is 5.32 Å². The highest BCUT2D eigenvalue weighted by atomic mass is 32.2. The highest BCUT2D eigenvalue weighted by molar-refractivity contribution is 7.98. The lowest BCUT2D eigenvalue weighted by molar-refractivity contribution is -0.118. The average molecular weight is 358 g/mol. The summed E-state index contributed by atoms with van der Waals surface area (Å²) >= 11 is 1.63. The van der Waals surface area contributed by atoms with Gasteiger partial charge in [0.15, 0.2) is 0 Å². The number of benzene rings is 2. The summed E-state index contributed by atoms with van der Waals surface area (Å²) < 4.78 is 5.22. The number of hydrogen-bond acceptors (Lipinski definition) is 4. The monoisotopic (exact) mass is 358 g/mol. The third-order valence-electron chi connectivity index (χ3n) is 3.63. The van der Waals surface area contributed by atoms with Crippen molar-refractivity contribution < 1.29 is 14.3 Å². The molecule has 132 valence electrons. The maximum Gasteiger partial charge on any atom is 0.255 e. The minimum atomic E-state index is -0.620. The number of para-hydroxylation sites is 2. The van der Waals surface area contributed by atoms with E-state index in [0.717, 1.165) is 5.75 Å². The Kier molecular flexibility index (Phi) is 7.35. The summed E-state index contributed by atoms with van der Waals surface area (Å²) in [6.07, 6.45) is 2.51. The average Bonchev–Trinajstić information content (AvgIpc) is 2.65. The second-order valence-corrected chi connectivity index (χ2v) is 6.35. The van der Waals surface area contributed by atoms with Gasteiger partial charge in [-0.3, -0.25) is 9.59 Å². The van der Waals surface area contributed by atoms with Crippen LogP contribution in [0.25, 0.3) is 0 Å². The summed E-state index contributed by atoms with van der Waals surface area (Å²) in [4.78, 5) is 25.2. The number of amides is 2. The molecule has 5 nitrogen and oxygen atoms in total. The molecule has 2 amide bonds. The lowest BCUT2D eigenvalue weighted by Gasteiger charge is -2.19. The Hall–Kier alpha value is -2.47. The van der Waals surface area contributed by atoms with Crippen LogP contribution in [-0.2, 0) is 4.79 Å². The molecule has 0 radical (unpaired) electrons. The molecule has 2 aromatic carbocycles. The number of hydrogen-bond donors (Lipinski definition) is 2. The molecule has 1 atom stereocenters. The lowest BCUT2D eigenvalue weighted by Crippen LogP contribution is -2.44. The van der Waals surface area contributed by atoms with E-state index in [-0.39, 0.29) is 11.8 Å². The molecule has 0 fully saturated rings. The second kappa shape index (κ2) is 9.74. The first-order valence-corrected chi connectivity index (χ1v) is 9.34. The summed E-state index contributed by atoms with van der Waals surface area (Å²) in [6.45, 7) is 0. The number of methoxy groups -OCH3 is 1. The molecule has 0 aliphatic heterocycles. The molecular formula is C19H22N2O3S. The van der Waals surface area contributed by atoms with E-state index in [9.17, 15) is 9.59 Å². The van der Waals surface area contributed by atoms with Gasteiger partial charge in [0, 0.05) is 5.69 Å². The molecule has 0 aromatic heterocycles. The van der Waals surface area contributed by atoms with Gasteiger partial charge in [0.2, 0.25) is 5.91 Å². The van der Waals surface area contributed by atoms with Crippen LogP contribution in [0.4, 0.5) is 5.69 Å². The summed E-state index contributed by atoms with van der Waals surface area (Å²) in [7, 11) is 1.51. The van der Waals surface area contributed by atoms with E-state index < -0.39 is 6.04 Å². The third-order valence-corrected chi connectivity index (χ3v) is 4.27. The highest BCUT2D eigenvalue weighted by Crippen LogP contribution is 2.17. The second-order valence-electron chi connectivity index (χ2n) is 5.36. The maximum absolute atomic E-state index is 12.6. The number of carbonyl (C=O) groups is 2. The van der Waals surface area contributed by atoms with Crippen molar-refractivity contribution in [3.05, 3.63) is 60.2 Å². The first-order valence-electron chi connectivity index (χ1n) is 7.94. The molecule has 0 aliphatic carbocycles.